The number of aliphatic hydroxyl groups is 1. The molecule has 1 aliphatic carbocycles. The van der Waals surface area contributed by atoms with Crippen molar-refractivity contribution in [1.29, 1.82) is 0 Å². The van der Waals surface area contributed by atoms with Crippen molar-refractivity contribution in [3.63, 3.8) is 0 Å². The molecular formula is C16H24N2O3S. The topological polar surface area (TPSA) is 78.4 Å². The van der Waals surface area contributed by atoms with E-state index in [9.17, 15) is 14.1 Å². The predicted octanol–water partition coefficient (Wildman–Crippen LogP) is 1.54. The van der Waals surface area contributed by atoms with E-state index in [1.54, 1.807) is 0 Å². The first-order valence-electron chi connectivity index (χ1n) is 7.76. The first-order chi connectivity index (χ1) is 10.6. The van der Waals surface area contributed by atoms with Crippen molar-refractivity contribution in [2.45, 2.75) is 43.6 Å². The molecular weight excluding hydrogens is 300 g/mol. The second-order valence-electron chi connectivity index (χ2n) is 5.63. The van der Waals surface area contributed by atoms with Crippen LogP contribution in [0.15, 0.2) is 30.3 Å². The number of amides is 2. The van der Waals surface area contributed by atoms with Gasteiger partial charge in [0.25, 0.3) is 0 Å². The van der Waals surface area contributed by atoms with E-state index in [0.717, 1.165) is 31.2 Å². The van der Waals surface area contributed by atoms with Gasteiger partial charge in [-0.3, -0.25) is 4.21 Å². The summed E-state index contributed by atoms with van der Waals surface area (Å²) in [6.45, 7) is 0.369. The maximum Gasteiger partial charge on any atom is 0.315 e. The Morgan fingerprint density at radius 2 is 1.95 bits per heavy atom. The van der Waals surface area contributed by atoms with E-state index < -0.39 is 16.9 Å². The average molecular weight is 324 g/mol. The van der Waals surface area contributed by atoms with E-state index >= 15 is 0 Å². The van der Waals surface area contributed by atoms with Crippen molar-refractivity contribution in [2.24, 2.45) is 0 Å². The number of urea groups is 1. The van der Waals surface area contributed by atoms with Crippen LogP contribution in [0.4, 0.5) is 4.79 Å². The summed E-state index contributed by atoms with van der Waals surface area (Å²) in [4.78, 5) is 11.8. The van der Waals surface area contributed by atoms with Gasteiger partial charge in [-0.05, 0) is 18.4 Å². The zero-order valence-electron chi connectivity index (χ0n) is 12.7. The summed E-state index contributed by atoms with van der Waals surface area (Å²) in [6.07, 6.45) is 3.15. The van der Waals surface area contributed by atoms with Crippen molar-refractivity contribution >= 4 is 16.8 Å². The van der Waals surface area contributed by atoms with Crippen LogP contribution in [0.5, 0.6) is 0 Å². The average Bonchev–Trinajstić information content (AvgIpc) is 2.50. The van der Waals surface area contributed by atoms with E-state index in [1.807, 2.05) is 30.3 Å². The number of rotatable bonds is 6. The molecule has 2 rings (SSSR count). The molecule has 0 radical (unpaired) electrons. The summed E-state index contributed by atoms with van der Waals surface area (Å²) in [6, 6.07) is 9.22. The Kier molecular flexibility index (Phi) is 6.86. The fourth-order valence-electron chi connectivity index (χ4n) is 2.61. The molecule has 1 fully saturated rings. The minimum absolute atomic E-state index is 0.163. The van der Waals surface area contributed by atoms with Crippen molar-refractivity contribution in [3.8, 4) is 0 Å². The van der Waals surface area contributed by atoms with Crippen LogP contribution in [-0.4, -0.2) is 39.8 Å². The Labute approximate surface area is 134 Å². The molecule has 1 saturated carbocycles. The number of hydrogen-bond acceptors (Lipinski definition) is 3. The number of carbonyl (C=O) groups is 1. The quantitative estimate of drug-likeness (QED) is 0.743. The maximum absolute atomic E-state index is 11.9. The molecule has 0 bridgehead atoms. The first-order valence-corrected chi connectivity index (χ1v) is 9.25. The second-order valence-corrected chi connectivity index (χ2v) is 7.21. The Hall–Kier alpha value is -1.40. The summed E-state index contributed by atoms with van der Waals surface area (Å²) < 4.78 is 11.9. The number of benzene rings is 1. The number of nitrogens with one attached hydrogen (secondary N) is 2. The van der Waals surface area contributed by atoms with Crippen LogP contribution < -0.4 is 10.6 Å². The summed E-state index contributed by atoms with van der Waals surface area (Å²) in [5, 5.41) is 15.3. The van der Waals surface area contributed by atoms with Gasteiger partial charge in [-0.25, -0.2) is 4.79 Å². The van der Waals surface area contributed by atoms with E-state index in [4.69, 9.17) is 0 Å². The molecule has 1 aromatic rings. The summed E-state index contributed by atoms with van der Waals surface area (Å²) in [7, 11) is -0.993. The summed E-state index contributed by atoms with van der Waals surface area (Å²) in [5.41, 5.74) is 1.04. The maximum atomic E-state index is 11.9. The molecule has 3 N–H and O–H groups in total. The van der Waals surface area contributed by atoms with Crippen molar-refractivity contribution in [2.75, 3.05) is 12.3 Å². The number of hydrogen-bond donors (Lipinski definition) is 3. The largest absolute Gasteiger partial charge is 0.391 e. The Bertz CT molecular complexity index is 495. The van der Waals surface area contributed by atoms with Gasteiger partial charge in [-0.1, -0.05) is 43.2 Å². The van der Waals surface area contributed by atoms with Crippen LogP contribution in [0.3, 0.4) is 0 Å². The molecule has 1 aliphatic rings. The van der Waals surface area contributed by atoms with Gasteiger partial charge in [0, 0.05) is 28.9 Å². The van der Waals surface area contributed by atoms with E-state index in [0.29, 0.717) is 18.1 Å². The lowest BCUT2D eigenvalue weighted by Crippen LogP contribution is -2.49. The van der Waals surface area contributed by atoms with Gasteiger partial charge >= 0.3 is 6.03 Å². The second kappa shape index (κ2) is 8.90. The summed E-state index contributed by atoms with van der Waals surface area (Å²) >= 11 is 0. The monoisotopic (exact) mass is 324 g/mol. The molecule has 122 valence electrons. The van der Waals surface area contributed by atoms with Gasteiger partial charge in [0.1, 0.15) is 0 Å². The third kappa shape index (κ3) is 5.77. The first kappa shape index (κ1) is 17.0. The van der Waals surface area contributed by atoms with Crippen molar-refractivity contribution in [1.82, 2.24) is 10.6 Å². The Morgan fingerprint density at radius 3 is 2.68 bits per heavy atom. The lowest BCUT2D eigenvalue weighted by atomic mass is 9.93. The smallest absolute Gasteiger partial charge is 0.315 e. The van der Waals surface area contributed by atoms with Gasteiger partial charge in [0.2, 0.25) is 0 Å². The number of carbonyl (C=O) groups excluding carboxylic acids is 1. The highest BCUT2D eigenvalue weighted by atomic mass is 32.2. The molecule has 0 heterocycles. The minimum atomic E-state index is -0.993. The van der Waals surface area contributed by atoms with Crippen LogP contribution in [0.25, 0.3) is 0 Å². The third-order valence-corrected chi connectivity index (χ3v) is 5.15. The van der Waals surface area contributed by atoms with Gasteiger partial charge in [-0.2, -0.15) is 0 Å². The molecule has 1 aromatic carbocycles. The fraction of sp³-hybridized carbons (Fsp3) is 0.562. The van der Waals surface area contributed by atoms with Crippen LogP contribution in [0.2, 0.25) is 0 Å². The van der Waals surface area contributed by atoms with Gasteiger partial charge in [0.15, 0.2) is 0 Å². The third-order valence-electron chi connectivity index (χ3n) is 3.83. The molecule has 0 saturated heterocycles. The van der Waals surface area contributed by atoms with Gasteiger partial charge in [-0.15, -0.1) is 0 Å². The zero-order valence-corrected chi connectivity index (χ0v) is 13.5. The standard InChI is InChI=1S/C16H24N2O3S/c19-15-9-5-4-8-14(15)18-16(20)17-10-11-22(21)12-13-6-2-1-3-7-13/h1-3,6-7,14-15,19H,4-5,8-12H2,(H2,17,18,20). The molecule has 6 heteroatoms. The van der Waals surface area contributed by atoms with Crippen LogP contribution in [0, 0.1) is 0 Å². The van der Waals surface area contributed by atoms with Gasteiger partial charge < -0.3 is 15.7 Å². The molecule has 3 atom stereocenters. The van der Waals surface area contributed by atoms with E-state index in [2.05, 4.69) is 10.6 Å². The van der Waals surface area contributed by atoms with Crippen LogP contribution in [0.1, 0.15) is 31.2 Å². The summed E-state index contributed by atoms with van der Waals surface area (Å²) in [5.74, 6) is 0.932. The molecule has 3 unspecified atom stereocenters. The van der Waals surface area contributed by atoms with Crippen LogP contribution >= 0.6 is 0 Å². The normalized spacial score (nSPS) is 22.8. The molecule has 22 heavy (non-hydrogen) atoms. The predicted molar refractivity (Wildman–Crippen MR) is 88.0 cm³/mol. The molecule has 2 amide bonds. The SMILES string of the molecule is O=C(NCCS(=O)Cc1ccccc1)NC1CCCCC1O. The van der Waals surface area contributed by atoms with Crippen molar-refractivity contribution < 1.29 is 14.1 Å². The molecule has 5 nitrogen and oxygen atoms in total. The van der Waals surface area contributed by atoms with Gasteiger partial charge in [0.05, 0.1) is 12.1 Å². The zero-order chi connectivity index (χ0) is 15.8. The highest BCUT2D eigenvalue weighted by Crippen LogP contribution is 2.18. The van der Waals surface area contributed by atoms with Crippen LogP contribution in [-0.2, 0) is 16.6 Å². The van der Waals surface area contributed by atoms with Crippen molar-refractivity contribution in [3.05, 3.63) is 35.9 Å². The molecule has 0 aromatic heterocycles. The number of aliphatic hydroxyl groups excluding tert-OH is 1. The van der Waals surface area contributed by atoms with E-state index in [-0.39, 0.29) is 12.1 Å². The highest BCUT2D eigenvalue weighted by Gasteiger charge is 2.24. The highest BCUT2D eigenvalue weighted by molar-refractivity contribution is 7.84. The lowest BCUT2D eigenvalue weighted by molar-refractivity contribution is 0.0944. The Balaban J connectivity index is 1.63. The fourth-order valence-corrected chi connectivity index (χ4v) is 3.65. The lowest BCUT2D eigenvalue weighted by Gasteiger charge is -2.28. The minimum Gasteiger partial charge on any atom is -0.391 e. The van der Waals surface area contributed by atoms with E-state index in [1.165, 1.54) is 0 Å². The molecule has 0 aliphatic heterocycles. The Morgan fingerprint density at radius 1 is 1.23 bits per heavy atom. The molecule has 0 spiro atoms.